The maximum absolute atomic E-state index is 12.9. The van der Waals surface area contributed by atoms with E-state index < -0.39 is 24.3 Å². The number of piperazine rings is 1. The van der Waals surface area contributed by atoms with Crippen LogP contribution in [0, 0.1) is 0 Å². The van der Waals surface area contributed by atoms with Gasteiger partial charge < -0.3 is 24.0 Å². The number of esters is 1. The molecule has 2 aromatic rings. The van der Waals surface area contributed by atoms with Crippen molar-refractivity contribution in [3.05, 3.63) is 53.6 Å². The maximum atomic E-state index is 12.9. The highest BCUT2D eigenvalue weighted by molar-refractivity contribution is 5.81. The fraction of sp³-hybridized carbons (Fsp3) is 0.391. The Balaban J connectivity index is 1.47. The third-order valence-electron chi connectivity index (χ3n) is 5.32. The largest absolute Gasteiger partial charge is 0.493 e. The molecular weight excluding hydrogens is 441 g/mol. The molecule has 7 nitrogen and oxygen atoms in total. The zero-order chi connectivity index (χ0) is 24.0. The molecule has 178 valence electrons. The lowest BCUT2D eigenvalue weighted by molar-refractivity contribution is -0.151. The molecule has 0 N–H and O–H groups in total. The third-order valence-corrected chi connectivity index (χ3v) is 5.32. The van der Waals surface area contributed by atoms with Gasteiger partial charge in [-0.1, -0.05) is 12.1 Å². The van der Waals surface area contributed by atoms with Gasteiger partial charge in [-0.25, -0.2) is 0 Å². The topological polar surface area (TPSA) is 68.3 Å². The van der Waals surface area contributed by atoms with E-state index in [1.807, 2.05) is 0 Å². The fourth-order valence-corrected chi connectivity index (χ4v) is 3.53. The summed E-state index contributed by atoms with van der Waals surface area (Å²) in [5, 5.41) is 0. The molecule has 0 aromatic heterocycles. The van der Waals surface area contributed by atoms with Crippen LogP contribution in [0.25, 0.3) is 0 Å². The van der Waals surface area contributed by atoms with E-state index in [4.69, 9.17) is 14.2 Å². The molecule has 3 rings (SSSR count). The van der Waals surface area contributed by atoms with Gasteiger partial charge in [-0.15, -0.1) is 0 Å². The Morgan fingerprint density at radius 3 is 2.27 bits per heavy atom. The van der Waals surface area contributed by atoms with Crippen LogP contribution < -0.4 is 14.4 Å². The lowest BCUT2D eigenvalue weighted by Crippen LogP contribution is -2.50. The van der Waals surface area contributed by atoms with E-state index in [0.717, 1.165) is 12.1 Å². The van der Waals surface area contributed by atoms with Crippen LogP contribution in [0.4, 0.5) is 18.9 Å². The number of rotatable bonds is 7. The van der Waals surface area contributed by atoms with Gasteiger partial charge >= 0.3 is 12.1 Å². The highest BCUT2D eigenvalue weighted by Gasteiger charge is 2.31. The number of carbonyl (C=O) groups excluding carboxylic acids is 2. The summed E-state index contributed by atoms with van der Waals surface area (Å²) in [7, 11) is 3.00. The number of amides is 1. The minimum atomic E-state index is -4.41. The molecule has 0 bridgehead atoms. The molecule has 0 atom stereocenters. The maximum Gasteiger partial charge on any atom is 0.416 e. The Kier molecular flexibility index (Phi) is 7.67. The second kappa shape index (κ2) is 10.5. The quantitative estimate of drug-likeness (QED) is 0.584. The van der Waals surface area contributed by atoms with Crippen LogP contribution in [-0.2, 0) is 26.9 Å². The molecule has 1 aliphatic rings. The van der Waals surface area contributed by atoms with Crippen molar-refractivity contribution < 1.29 is 37.0 Å². The van der Waals surface area contributed by atoms with Crippen LogP contribution in [0.2, 0.25) is 0 Å². The number of ether oxygens (including phenoxy) is 3. The van der Waals surface area contributed by atoms with Gasteiger partial charge in [0.25, 0.3) is 5.91 Å². The van der Waals surface area contributed by atoms with Crippen LogP contribution in [0.3, 0.4) is 0 Å². The SMILES string of the molecule is COc1ccc(CC(=O)OCC(=O)N2CCN(c3cccc(C(F)(F)F)c3)CC2)cc1OC. The predicted octanol–water partition coefficient (Wildman–Crippen LogP) is 3.16. The summed E-state index contributed by atoms with van der Waals surface area (Å²) in [5.41, 5.74) is 0.401. The number of carbonyl (C=O) groups is 2. The van der Waals surface area contributed by atoms with Crippen molar-refractivity contribution in [1.82, 2.24) is 4.90 Å². The molecule has 33 heavy (non-hydrogen) atoms. The number of benzene rings is 2. The van der Waals surface area contributed by atoms with Gasteiger partial charge in [-0.3, -0.25) is 9.59 Å². The number of anilines is 1. The van der Waals surface area contributed by atoms with E-state index in [1.54, 1.807) is 29.2 Å². The van der Waals surface area contributed by atoms with Gasteiger partial charge in [0.15, 0.2) is 18.1 Å². The van der Waals surface area contributed by atoms with Crippen LogP contribution in [0.1, 0.15) is 11.1 Å². The van der Waals surface area contributed by atoms with Crippen LogP contribution in [-0.4, -0.2) is 63.8 Å². The second-order valence-electron chi connectivity index (χ2n) is 7.44. The third kappa shape index (κ3) is 6.30. The van der Waals surface area contributed by atoms with Crippen molar-refractivity contribution in [2.24, 2.45) is 0 Å². The van der Waals surface area contributed by atoms with Gasteiger partial charge in [0.1, 0.15) is 0 Å². The fourth-order valence-electron chi connectivity index (χ4n) is 3.53. The molecule has 1 aliphatic heterocycles. The molecule has 10 heteroatoms. The van der Waals surface area contributed by atoms with Gasteiger partial charge in [-0.05, 0) is 35.9 Å². The summed E-state index contributed by atoms with van der Waals surface area (Å²) in [4.78, 5) is 27.9. The summed E-state index contributed by atoms with van der Waals surface area (Å²) < 4.78 is 54.3. The number of halogens is 3. The smallest absolute Gasteiger partial charge is 0.416 e. The molecule has 1 saturated heterocycles. The number of hydrogen-bond acceptors (Lipinski definition) is 6. The Bertz CT molecular complexity index is 988. The molecule has 0 unspecified atom stereocenters. The average Bonchev–Trinajstić information content (AvgIpc) is 2.82. The molecule has 0 spiro atoms. The normalized spacial score (nSPS) is 14.1. The average molecular weight is 466 g/mol. The molecule has 2 aromatic carbocycles. The summed E-state index contributed by atoms with van der Waals surface area (Å²) >= 11 is 0. The van der Waals surface area contributed by atoms with E-state index >= 15 is 0 Å². The molecule has 0 radical (unpaired) electrons. The summed E-state index contributed by atoms with van der Waals surface area (Å²) in [6, 6.07) is 10.2. The first-order chi connectivity index (χ1) is 15.7. The number of nitrogens with zero attached hydrogens (tertiary/aromatic N) is 2. The van der Waals surface area contributed by atoms with E-state index in [0.29, 0.717) is 48.9 Å². The minimum Gasteiger partial charge on any atom is -0.493 e. The Hall–Kier alpha value is -3.43. The molecule has 1 amide bonds. The van der Waals surface area contributed by atoms with Crippen molar-refractivity contribution in [3.8, 4) is 11.5 Å². The standard InChI is InChI=1S/C23H25F3N2O5/c1-31-19-7-6-16(12-20(19)32-2)13-22(30)33-15-21(29)28-10-8-27(9-11-28)18-5-3-4-17(14-18)23(24,25)26/h3-7,12,14H,8-11,13,15H2,1-2H3. The molecule has 1 fully saturated rings. The first kappa shape index (κ1) is 24.2. The number of alkyl halides is 3. The van der Waals surface area contributed by atoms with Crippen molar-refractivity contribution in [2.75, 3.05) is 51.9 Å². The summed E-state index contributed by atoms with van der Waals surface area (Å²) in [5.74, 6) is 0.115. The van der Waals surface area contributed by atoms with Gasteiger partial charge in [0.05, 0.1) is 26.2 Å². The summed E-state index contributed by atoms with van der Waals surface area (Å²) in [6.07, 6.45) is -4.44. The lowest BCUT2D eigenvalue weighted by Gasteiger charge is -2.36. The Morgan fingerprint density at radius 2 is 1.64 bits per heavy atom. The van der Waals surface area contributed by atoms with Crippen LogP contribution in [0.15, 0.2) is 42.5 Å². The van der Waals surface area contributed by atoms with Crippen LogP contribution >= 0.6 is 0 Å². The molecule has 1 heterocycles. The number of methoxy groups -OCH3 is 2. The molecule has 0 aliphatic carbocycles. The highest BCUT2D eigenvalue weighted by Crippen LogP contribution is 2.32. The second-order valence-corrected chi connectivity index (χ2v) is 7.44. The Labute approximate surface area is 189 Å². The van der Waals surface area contributed by atoms with Crippen molar-refractivity contribution >= 4 is 17.6 Å². The molecular formula is C23H25F3N2O5. The van der Waals surface area contributed by atoms with Crippen molar-refractivity contribution in [2.45, 2.75) is 12.6 Å². The minimum absolute atomic E-state index is 0.0308. The Morgan fingerprint density at radius 1 is 0.939 bits per heavy atom. The first-order valence-electron chi connectivity index (χ1n) is 10.3. The van der Waals surface area contributed by atoms with E-state index in [-0.39, 0.29) is 12.3 Å². The summed E-state index contributed by atoms with van der Waals surface area (Å²) in [6.45, 7) is 1.01. The van der Waals surface area contributed by atoms with Crippen LogP contribution in [0.5, 0.6) is 11.5 Å². The zero-order valence-corrected chi connectivity index (χ0v) is 18.4. The van der Waals surface area contributed by atoms with Gasteiger partial charge in [-0.2, -0.15) is 13.2 Å². The van der Waals surface area contributed by atoms with Gasteiger partial charge in [0.2, 0.25) is 0 Å². The van der Waals surface area contributed by atoms with E-state index in [2.05, 4.69) is 0 Å². The molecule has 0 saturated carbocycles. The number of hydrogen-bond donors (Lipinski definition) is 0. The van der Waals surface area contributed by atoms with E-state index in [9.17, 15) is 22.8 Å². The monoisotopic (exact) mass is 466 g/mol. The first-order valence-corrected chi connectivity index (χ1v) is 10.3. The lowest BCUT2D eigenvalue weighted by atomic mass is 10.1. The predicted molar refractivity (Wildman–Crippen MR) is 114 cm³/mol. The van der Waals surface area contributed by atoms with Gasteiger partial charge in [0, 0.05) is 31.9 Å². The van der Waals surface area contributed by atoms with Crippen molar-refractivity contribution in [1.29, 1.82) is 0 Å². The van der Waals surface area contributed by atoms with Crippen molar-refractivity contribution in [3.63, 3.8) is 0 Å². The van der Waals surface area contributed by atoms with E-state index in [1.165, 1.54) is 25.2 Å². The zero-order valence-electron chi connectivity index (χ0n) is 18.4. The highest BCUT2D eigenvalue weighted by atomic mass is 19.4.